The van der Waals surface area contributed by atoms with Crippen LogP contribution in [0.25, 0.3) is 0 Å². The normalized spacial score (nSPS) is 15.5. The first-order chi connectivity index (χ1) is 11.1. The second-order valence-electron chi connectivity index (χ2n) is 5.69. The predicted molar refractivity (Wildman–Crippen MR) is 76.5 cm³/mol. The molecule has 0 radical (unpaired) electrons. The second kappa shape index (κ2) is 5.44. The Morgan fingerprint density at radius 3 is 2.46 bits per heavy atom. The molecule has 1 aliphatic carbocycles. The van der Waals surface area contributed by atoms with Crippen LogP contribution in [0.3, 0.4) is 0 Å². The molecule has 5 nitrogen and oxygen atoms in total. The number of hydrogen-bond acceptors (Lipinski definition) is 5. The lowest BCUT2D eigenvalue weighted by molar-refractivity contribution is -0.138. The molecule has 0 saturated heterocycles. The van der Waals surface area contributed by atoms with E-state index >= 15 is 0 Å². The number of sulfone groups is 1. The largest absolute Gasteiger partial charge is 0.417 e. The summed E-state index contributed by atoms with van der Waals surface area (Å²) in [5.41, 5.74) is -1.59. The number of alkyl halides is 3. The van der Waals surface area contributed by atoms with Crippen molar-refractivity contribution >= 4 is 15.6 Å². The number of ketones is 1. The topological polar surface area (TPSA) is 77.2 Å². The van der Waals surface area contributed by atoms with Gasteiger partial charge in [0.15, 0.2) is 15.6 Å². The lowest BCUT2D eigenvalue weighted by Crippen LogP contribution is -2.15. The summed E-state index contributed by atoms with van der Waals surface area (Å²) in [5, 5.41) is 3.70. The SMILES string of the molecule is CS(=O)(=O)c1ccc(C(=O)c2conc2C2CC2)c(C(F)(F)F)c1. The molecule has 0 spiro atoms. The summed E-state index contributed by atoms with van der Waals surface area (Å²) in [6.07, 6.45) is -1.45. The van der Waals surface area contributed by atoms with Crippen LogP contribution in [0.1, 0.15) is 45.9 Å². The van der Waals surface area contributed by atoms with Crippen LogP contribution in [0.5, 0.6) is 0 Å². The Kier molecular flexibility index (Phi) is 3.78. The van der Waals surface area contributed by atoms with Crippen LogP contribution in [0.15, 0.2) is 33.9 Å². The Hall–Kier alpha value is -2.16. The number of halogens is 3. The Morgan fingerprint density at radius 2 is 1.92 bits per heavy atom. The molecule has 3 rings (SSSR count). The predicted octanol–water partition coefficient (Wildman–Crippen LogP) is 3.21. The molecule has 1 fully saturated rings. The molecule has 0 amide bonds. The van der Waals surface area contributed by atoms with Gasteiger partial charge < -0.3 is 4.52 Å². The molecule has 1 saturated carbocycles. The van der Waals surface area contributed by atoms with Crippen LogP contribution in [-0.4, -0.2) is 25.6 Å². The van der Waals surface area contributed by atoms with Crippen molar-refractivity contribution < 1.29 is 30.9 Å². The molecule has 1 aromatic carbocycles. The van der Waals surface area contributed by atoms with Crippen LogP contribution < -0.4 is 0 Å². The van der Waals surface area contributed by atoms with Crippen molar-refractivity contribution in [2.45, 2.75) is 29.8 Å². The van der Waals surface area contributed by atoms with Gasteiger partial charge in [-0.1, -0.05) is 5.16 Å². The molecule has 0 unspecified atom stereocenters. The van der Waals surface area contributed by atoms with Gasteiger partial charge in [0, 0.05) is 17.7 Å². The van der Waals surface area contributed by atoms with E-state index in [0.29, 0.717) is 11.8 Å². The van der Waals surface area contributed by atoms with Crippen molar-refractivity contribution in [3.05, 3.63) is 46.8 Å². The molecule has 1 aliphatic rings. The third-order valence-electron chi connectivity index (χ3n) is 3.78. The van der Waals surface area contributed by atoms with Gasteiger partial charge in [0.05, 0.1) is 21.7 Å². The molecule has 0 aliphatic heterocycles. The molecule has 9 heteroatoms. The van der Waals surface area contributed by atoms with Crippen molar-refractivity contribution in [2.75, 3.05) is 6.26 Å². The molecule has 1 aromatic heterocycles. The minimum absolute atomic E-state index is 0.0184. The molecule has 1 heterocycles. The average molecular weight is 359 g/mol. The first-order valence-electron chi connectivity index (χ1n) is 6.99. The number of rotatable bonds is 4. The zero-order valence-electron chi connectivity index (χ0n) is 12.4. The molecule has 24 heavy (non-hydrogen) atoms. The summed E-state index contributed by atoms with van der Waals surface area (Å²) in [6.45, 7) is 0. The van der Waals surface area contributed by atoms with Gasteiger partial charge in [0.25, 0.3) is 0 Å². The van der Waals surface area contributed by atoms with Crippen molar-refractivity contribution in [3.8, 4) is 0 Å². The van der Waals surface area contributed by atoms with Gasteiger partial charge in [0.1, 0.15) is 6.26 Å². The van der Waals surface area contributed by atoms with Gasteiger partial charge in [0.2, 0.25) is 0 Å². The first-order valence-corrected chi connectivity index (χ1v) is 8.88. The maximum Gasteiger partial charge on any atom is 0.417 e. The van der Waals surface area contributed by atoms with E-state index in [1.54, 1.807) is 0 Å². The van der Waals surface area contributed by atoms with E-state index in [1.807, 2.05) is 0 Å². The zero-order chi connectivity index (χ0) is 17.7. The van der Waals surface area contributed by atoms with Crippen LogP contribution in [0.4, 0.5) is 13.2 Å². The first kappa shape index (κ1) is 16.7. The van der Waals surface area contributed by atoms with Crippen molar-refractivity contribution in [3.63, 3.8) is 0 Å². The fourth-order valence-electron chi connectivity index (χ4n) is 2.40. The van der Waals surface area contributed by atoms with Gasteiger partial charge in [-0.25, -0.2) is 8.42 Å². The third kappa shape index (κ3) is 3.08. The van der Waals surface area contributed by atoms with Crippen LogP contribution in [0.2, 0.25) is 0 Å². The molecule has 2 aromatic rings. The van der Waals surface area contributed by atoms with Crippen LogP contribution in [-0.2, 0) is 16.0 Å². The number of nitrogens with zero attached hydrogens (tertiary/aromatic N) is 1. The molecular weight excluding hydrogens is 347 g/mol. The summed E-state index contributed by atoms with van der Waals surface area (Å²) in [7, 11) is -3.84. The minimum Gasteiger partial charge on any atom is -0.364 e. The van der Waals surface area contributed by atoms with Crippen molar-refractivity contribution in [1.29, 1.82) is 0 Å². The van der Waals surface area contributed by atoms with Crippen molar-refractivity contribution in [1.82, 2.24) is 5.16 Å². The van der Waals surface area contributed by atoms with Gasteiger partial charge >= 0.3 is 6.18 Å². The Balaban J connectivity index is 2.13. The maximum atomic E-state index is 13.3. The maximum absolute atomic E-state index is 13.3. The van der Waals surface area contributed by atoms with E-state index < -0.39 is 37.8 Å². The molecule has 0 atom stereocenters. The van der Waals surface area contributed by atoms with E-state index in [1.165, 1.54) is 0 Å². The Labute approximate surface area is 135 Å². The number of benzene rings is 1. The highest BCUT2D eigenvalue weighted by atomic mass is 32.2. The Bertz CT molecular complexity index is 911. The summed E-state index contributed by atoms with van der Waals surface area (Å²) in [6, 6.07) is 2.35. The molecular formula is C15H12F3NO4S. The standard InChI is InChI=1S/C15H12F3NO4S/c1-24(21,22)9-4-5-10(12(6-9)15(16,17)18)14(20)11-7-23-19-13(11)8-2-3-8/h4-8H,2-3H2,1H3. The van der Waals surface area contributed by atoms with E-state index in [4.69, 9.17) is 4.52 Å². The van der Waals surface area contributed by atoms with Crippen molar-refractivity contribution in [2.24, 2.45) is 0 Å². The quantitative estimate of drug-likeness (QED) is 0.784. The molecule has 0 bridgehead atoms. The third-order valence-corrected chi connectivity index (χ3v) is 4.89. The second-order valence-corrected chi connectivity index (χ2v) is 7.71. The molecule has 128 valence electrons. The summed E-state index contributed by atoms with van der Waals surface area (Å²) in [5.74, 6) is -0.863. The highest BCUT2D eigenvalue weighted by Crippen LogP contribution is 2.42. The lowest BCUT2D eigenvalue weighted by Gasteiger charge is -2.13. The van der Waals surface area contributed by atoms with E-state index in [-0.39, 0.29) is 11.5 Å². The summed E-state index contributed by atoms with van der Waals surface area (Å²) in [4.78, 5) is 12.0. The average Bonchev–Trinajstić information content (AvgIpc) is 3.21. The number of hydrogen-bond donors (Lipinski definition) is 0. The van der Waals surface area contributed by atoms with Gasteiger partial charge in [-0.15, -0.1) is 0 Å². The summed E-state index contributed by atoms with van der Waals surface area (Å²) < 4.78 is 67.6. The highest BCUT2D eigenvalue weighted by Gasteiger charge is 2.38. The highest BCUT2D eigenvalue weighted by molar-refractivity contribution is 7.90. The van der Waals surface area contributed by atoms with E-state index in [0.717, 1.165) is 37.5 Å². The fraction of sp³-hybridized carbons (Fsp3) is 0.333. The lowest BCUT2D eigenvalue weighted by atomic mass is 9.97. The number of aromatic nitrogens is 1. The van der Waals surface area contributed by atoms with Gasteiger partial charge in [-0.05, 0) is 31.0 Å². The smallest absolute Gasteiger partial charge is 0.364 e. The number of carbonyl (C=O) groups is 1. The van der Waals surface area contributed by atoms with Gasteiger partial charge in [-0.3, -0.25) is 4.79 Å². The van der Waals surface area contributed by atoms with Gasteiger partial charge in [-0.2, -0.15) is 13.2 Å². The monoisotopic (exact) mass is 359 g/mol. The van der Waals surface area contributed by atoms with Crippen LogP contribution in [0, 0.1) is 0 Å². The van der Waals surface area contributed by atoms with E-state index in [2.05, 4.69) is 5.16 Å². The molecule has 0 N–H and O–H groups in total. The zero-order valence-corrected chi connectivity index (χ0v) is 13.2. The van der Waals surface area contributed by atoms with E-state index in [9.17, 15) is 26.4 Å². The number of carbonyl (C=O) groups excluding carboxylic acids is 1. The summed E-state index contributed by atoms with van der Waals surface area (Å²) >= 11 is 0. The Morgan fingerprint density at radius 1 is 1.25 bits per heavy atom. The minimum atomic E-state index is -4.87. The fourth-order valence-corrected chi connectivity index (χ4v) is 3.05. The van der Waals surface area contributed by atoms with Crippen LogP contribution >= 0.6 is 0 Å².